The Balaban J connectivity index is 1.99. The standard InChI is InChI=1S/C21H21NO5/c1-11(23)26-15-8-14-6-7-22-17-9-13-4-5-18(25-3)21(27-12(2)24)20(13)16(10-15)19(14)17/h4-5,8,10,17,22H,6-7,9H2,1-3H3/t17-/m1/s1. The fraction of sp³-hybridized carbons (Fsp3) is 0.333. The molecule has 0 spiro atoms. The van der Waals surface area contributed by atoms with Gasteiger partial charge in [0.25, 0.3) is 0 Å². The number of ether oxygens (including phenoxy) is 3. The summed E-state index contributed by atoms with van der Waals surface area (Å²) in [5, 5.41) is 3.56. The van der Waals surface area contributed by atoms with Gasteiger partial charge in [-0.3, -0.25) is 9.59 Å². The number of carbonyl (C=O) groups is 2. The van der Waals surface area contributed by atoms with Gasteiger partial charge in [0.05, 0.1) is 7.11 Å². The Morgan fingerprint density at radius 3 is 2.56 bits per heavy atom. The van der Waals surface area contributed by atoms with Crippen molar-refractivity contribution >= 4 is 11.9 Å². The van der Waals surface area contributed by atoms with E-state index < -0.39 is 5.97 Å². The van der Waals surface area contributed by atoms with E-state index in [0.717, 1.165) is 41.6 Å². The Hall–Kier alpha value is -2.86. The lowest BCUT2D eigenvalue weighted by molar-refractivity contribution is -0.132. The number of carbonyl (C=O) groups excluding carboxylic acids is 2. The molecule has 6 heteroatoms. The molecule has 6 nitrogen and oxygen atoms in total. The Morgan fingerprint density at radius 1 is 1.07 bits per heavy atom. The summed E-state index contributed by atoms with van der Waals surface area (Å²) in [6.45, 7) is 3.62. The van der Waals surface area contributed by atoms with E-state index in [1.807, 2.05) is 24.3 Å². The molecule has 1 heterocycles. The zero-order valence-corrected chi connectivity index (χ0v) is 15.5. The lowest BCUT2D eigenvalue weighted by Gasteiger charge is -2.35. The average Bonchev–Trinajstić information content (AvgIpc) is 2.61. The molecule has 0 fully saturated rings. The lowest BCUT2D eigenvalue weighted by atomic mass is 9.77. The van der Waals surface area contributed by atoms with Gasteiger partial charge in [0.15, 0.2) is 11.5 Å². The number of esters is 2. The van der Waals surface area contributed by atoms with Crippen LogP contribution in [0.5, 0.6) is 17.2 Å². The highest BCUT2D eigenvalue weighted by Crippen LogP contribution is 2.50. The van der Waals surface area contributed by atoms with Gasteiger partial charge in [-0.25, -0.2) is 0 Å². The molecule has 140 valence electrons. The van der Waals surface area contributed by atoms with Crippen LogP contribution in [0.2, 0.25) is 0 Å². The lowest BCUT2D eigenvalue weighted by Crippen LogP contribution is -2.34. The summed E-state index contributed by atoms with van der Waals surface area (Å²) in [4.78, 5) is 23.2. The van der Waals surface area contributed by atoms with Crippen LogP contribution in [0.15, 0.2) is 24.3 Å². The number of methoxy groups -OCH3 is 1. The SMILES string of the molecule is COc1ccc2c(c1OC(C)=O)-c1cc(OC(C)=O)cc3c1[C@@H](C2)NCC3. The molecule has 2 aromatic carbocycles. The first-order valence-electron chi connectivity index (χ1n) is 8.95. The van der Waals surface area contributed by atoms with Gasteiger partial charge < -0.3 is 19.5 Å². The molecule has 0 amide bonds. The second-order valence-electron chi connectivity index (χ2n) is 6.82. The van der Waals surface area contributed by atoms with Gasteiger partial charge in [0, 0.05) is 25.5 Å². The van der Waals surface area contributed by atoms with E-state index >= 15 is 0 Å². The van der Waals surface area contributed by atoms with Crippen LogP contribution in [-0.2, 0) is 22.4 Å². The number of hydrogen-bond acceptors (Lipinski definition) is 6. The second kappa shape index (κ2) is 6.70. The van der Waals surface area contributed by atoms with Crippen LogP contribution in [0.4, 0.5) is 0 Å². The van der Waals surface area contributed by atoms with Crippen LogP contribution in [-0.4, -0.2) is 25.6 Å². The summed E-state index contributed by atoms with van der Waals surface area (Å²) in [6.07, 6.45) is 1.64. The van der Waals surface area contributed by atoms with Gasteiger partial charge in [-0.2, -0.15) is 0 Å². The smallest absolute Gasteiger partial charge is 0.308 e. The highest BCUT2D eigenvalue weighted by molar-refractivity contribution is 5.86. The molecular formula is C21H21NO5. The van der Waals surface area contributed by atoms with Gasteiger partial charge in [-0.05, 0) is 59.8 Å². The molecule has 0 unspecified atom stereocenters. The summed E-state index contributed by atoms with van der Waals surface area (Å²) in [6, 6.07) is 7.79. The molecule has 1 aliphatic carbocycles. The van der Waals surface area contributed by atoms with E-state index in [0.29, 0.717) is 17.2 Å². The molecule has 2 aromatic rings. The van der Waals surface area contributed by atoms with Gasteiger partial charge in [-0.15, -0.1) is 0 Å². The Kier molecular flexibility index (Phi) is 4.36. The Morgan fingerprint density at radius 2 is 1.85 bits per heavy atom. The van der Waals surface area contributed by atoms with Crippen LogP contribution < -0.4 is 19.5 Å². The number of nitrogens with one attached hydrogen (secondary N) is 1. The maximum Gasteiger partial charge on any atom is 0.308 e. The minimum Gasteiger partial charge on any atom is -0.493 e. The van der Waals surface area contributed by atoms with Crippen LogP contribution in [0, 0.1) is 0 Å². The highest BCUT2D eigenvalue weighted by atomic mass is 16.6. The fourth-order valence-electron chi connectivity index (χ4n) is 4.09. The van der Waals surface area contributed by atoms with Crippen LogP contribution in [0.1, 0.15) is 36.6 Å². The Bertz CT molecular complexity index is 950. The zero-order valence-electron chi connectivity index (χ0n) is 15.5. The van der Waals surface area contributed by atoms with Crippen molar-refractivity contribution in [2.24, 2.45) is 0 Å². The van der Waals surface area contributed by atoms with Crippen LogP contribution >= 0.6 is 0 Å². The molecule has 0 aromatic heterocycles. The van der Waals surface area contributed by atoms with E-state index in [2.05, 4.69) is 5.32 Å². The molecule has 0 bridgehead atoms. The Labute approximate surface area is 157 Å². The first-order valence-corrected chi connectivity index (χ1v) is 8.95. The molecule has 27 heavy (non-hydrogen) atoms. The van der Waals surface area contributed by atoms with Crippen molar-refractivity contribution in [2.75, 3.05) is 13.7 Å². The summed E-state index contributed by atoms with van der Waals surface area (Å²) >= 11 is 0. The van der Waals surface area contributed by atoms with Crippen molar-refractivity contribution in [2.45, 2.75) is 32.7 Å². The summed E-state index contributed by atoms with van der Waals surface area (Å²) < 4.78 is 16.4. The van der Waals surface area contributed by atoms with Crippen molar-refractivity contribution in [3.63, 3.8) is 0 Å². The van der Waals surface area contributed by atoms with Crippen molar-refractivity contribution in [3.05, 3.63) is 41.0 Å². The zero-order chi connectivity index (χ0) is 19.1. The number of hydrogen-bond donors (Lipinski definition) is 1. The number of rotatable bonds is 3. The first kappa shape index (κ1) is 17.5. The van der Waals surface area contributed by atoms with E-state index in [4.69, 9.17) is 14.2 Å². The molecule has 0 saturated heterocycles. The van der Waals surface area contributed by atoms with Crippen LogP contribution in [0.3, 0.4) is 0 Å². The van der Waals surface area contributed by atoms with Crippen molar-refractivity contribution in [1.29, 1.82) is 0 Å². The third-order valence-corrected chi connectivity index (χ3v) is 5.00. The summed E-state index contributed by atoms with van der Waals surface area (Å²) in [5.41, 5.74) is 5.12. The third-order valence-electron chi connectivity index (χ3n) is 5.00. The van der Waals surface area contributed by atoms with E-state index in [9.17, 15) is 9.59 Å². The molecule has 4 rings (SSSR count). The molecule has 1 N–H and O–H groups in total. The highest BCUT2D eigenvalue weighted by Gasteiger charge is 2.33. The first-order chi connectivity index (χ1) is 13.0. The minimum absolute atomic E-state index is 0.182. The summed E-state index contributed by atoms with van der Waals surface area (Å²) in [5.74, 6) is 0.634. The number of benzene rings is 2. The van der Waals surface area contributed by atoms with Crippen molar-refractivity contribution in [3.8, 4) is 28.4 Å². The van der Waals surface area contributed by atoms with Crippen LogP contribution in [0.25, 0.3) is 11.1 Å². The van der Waals surface area contributed by atoms with Gasteiger partial charge in [0.1, 0.15) is 5.75 Å². The van der Waals surface area contributed by atoms with E-state index in [-0.39, 0.29) is 12.0 Å². The maximum atomic E-state index is 11.7. The van der Waals surface area contributed by atoms with Crippen molar-refractivity contribution in [1.82, 2.24) is 5.32 Å². The van der Waals surface area contributed by atoms with E-state index in [1.165, 1.54) is 19.4 Å². The van der Waals surface area contributed by atoms with Gasteiger partial charge >= 0.3 is 11.9 Å². The predicted molar refractivity (Wildman–Crippen MR) is 99.2 cm³/mol. The number of fused-ring (bicyclic) bond motifs is 2. The topological polar surface area (TPSA) is 73.9 Å². The molecule has 1 atom stereocenters. The average molecular weight is 367 g/mol. The monoisotopic (exact) mass is 367 g/mol. The third kappa shape index (κ3) is 3.06. The molecule has 2 aliphatic rings. The molecule has 0 radical (unpaired) electrons. The fourth-order valence-corrected chi connectivity index (χ4v) is 4.09. The second-order valence-corrected chi connectivity index (χ2v) is 6.82. The predicted octanol–water partition coefficient (Wildman–Crippen LogP) is 2.96. The molecular weight excluding hydrogens is 346 g/mol. The van der Waals surface area contributed by atoms with Crippen molar-refractivity contribution < 1.29 is 23.8 Å². The molecule has 0 saturated carbocycles. The maximum absolute atomic E-state index is 11.7. The van der Waals surface area contributed by atoms with E-state index in [1.54, 1.807) is 7.11 Å². The van der Waals surface area contributed by atoms with Gasteiger partial charge in [-0.1, -0.05) is 6.07 Å². The summed E-state index contributed by atoms with van der Waals surface area (Å²) in [7, 11) is 1.55. The quantitative estimate of drug-likeness (QED) is 0.664. The molecule has 1 aliphatic heterocycles. The minimum atomic E-state index is -0.410. The normalized spacial score (nSPS) is 16.8. The largest absolute Gasteiger partial charge is 0.493 e. The van der Waals surface area contributed by atoms with Gasteiger partial charge in [0.2, 0.25) is 0 Å².